The lowest BCUT2D eigenvalue weighted by atomic mass is 10.2. The number of nitro groups is 1. The quantitative estimate of drug-likeness (QED) is 0.662. The number of nitrogens with one attached hydrogen (secondary N) is 1. The van der Waals surface area contributed by atoms with Crippen LogP contribution in [0.2, 0.25) is 0 Å². The van der Waals surface area contributed by atoms with Gasteiger partial charge >= 0.3 is 5.69 Å². The molecule has 0 atom stereocenters. The standard InChI is InChI=1S/C11H12N4O2S/c1-8-2-4-13-11(10(8)15(16)17)14-5-3-9-12-6-7-18-9/h2,4,6-7H,3,5H2,1H3,(H,13,14). The van der Waals surface area contributed by atoms with E-state index in [2.05, 4.69) is 15.3 Å². The van der Waals surface area contributed by atoms with Gasteiger partial charge in [0.1, 0.15) is 0 Å². The molecule has 0 spiro atoms. The van der Waals surface area contributed by atoms with Crippen LogP contribution in [0.5, 0.6) is 0 Å². The van der Waals surface area contributed by atoms with Crippen LogP contribution in [0.15, 0.2) is 23.8 Å². The lowest BCUT2D eigenvalue weighted by Crippen LogP contribution is -2.09. The smallest absolute Gasteiger partial charge is 0.314 e. The molecule has 2 aromatic rings. The monoisotopic (exact) mass is 264 g/mol. The van der Waals surface area contributed by atoms with Crippen LogP contribution in [-0.2, 0) is 6.42 Å². The summed E-state index contributed by atoms with van der Waals surface area (Å²) in [5.74, 6) is 0.316. The third-order valence-corrected chi connectivity index (χ3v) is 3.26. The SMILES string of the molecule is Cc1ccnc(NCCc2nccs2)c1[N+](=O)[O-]. The van der Waals surface area contributed by atoms with Gasteiger partial charge in [-0.05, 0) is 13.0 Å². The Hall–Kier alpha value is -2.02. The molecule has 0 radical (unpaired) electrons. The van der Waals surface area contributed by atoms with Gasteiger partial charge in [0.2, 0.25) is 5.82 Å². The van der Waals surface area contributed by atoms with E-state index in [0.29, 0.717) is 17.9 Å². The normalized spacial score (nSPS) is 10.3. The van der Waals surface area contributed by atoms with Crippen LogP contribution in [0.1, 0.15) is 10.6 Å². The van der Waals surface area contributed by atoms with Gasteiger partial charge in [-0.2, -0.15) is 0 Å². The lowest BCUT2D eigenvalue weighted by molar-refractivity contribution is -0.384. The predicted molar refractivity (Wildman–Crippen MR) is 69.9 cm³/mol. The molecule has 7 heteroatoms. The van der Waals surface area contributed by atoms with Gasteiger partial charge in [-0.3, -0.25) is 10.1 Å². The van der Waals surface area contributed by atoms with Gasteiger partial charge in [0.05, 0.1) is 9.93 Å². The van der Waals surface area contributed by atoms with Gasteiger partial charge in [0.25, 0.3) is 0 Å². The average Bonchev–Trinajstić information content (AvgIpc) is 2.81. The number of anilines is 1. The Morgan fingerprint density at radius 2 is 2.28 bits per heavy atom. The molecule has 2 heterocycles. The fraction of sp³-hybridized carbons (Fsp3) is 0.273. The summed E-state index contributed by atoms with van der Waals surface area (Å²) >= 11 is 1.57. The number of aromatic nitrogens is 2. The van der Waals surface area contributed by atoms with Crippen molar-refractivity contribution in [1.29, 1.82) is 0 Å². The lowest BCUT2D eigenvalue weighted by Gasteiger charge is -2.06. The van der Waals surface area contributed by atoms with Crippen molar-refractivity contribution in [2.24, 2.45) is 0 Å². The molecule has 0 unspecified atom stereocenters. The van der Waals surface area contributed by atoms with Crippen LogP contribution >= 0.6 is 11.3 Å². The second kappa shape index (κ2) is 5.54. The maximum atomic E-state index is 10.9. The van der Waals surface area contributed by atoms with E-state index in [4.69, 9.17) is 0 Å². The fourth-order valence-electron chi connectivity index (χ4n) is 1.57. The molecule has 0 fully saturated rings. The summed E-state index contributed by atoms with van der Waals surface area (Å²) < 4.78 is 0. The molecule has 0 saturated carbocycles. The molecular weight excluding hydrogens is 252 g/mol. The van der Waals surface area contributed by atoms with Crippen molar-refractivity contribution in [1.82, 2.24) is 9.97 Å². The summed E-state index contributed by atoms with van der Waals surface area (Å²) in [6.45, 7) is 2.27. The van der Waals surface area contributed by atoms with Gasteiger partial charge in [-0.15, -0.1) is 11.3 Å². The van der Waals surface area contributed by atoms with Gasteiger partial charge in [0.15, 0.2) is 0 Å². The van der Waals surface area contributed by atoms with E-state index in [9.17, 15) is 10.1 Å². The van der Waals surface area contributed by atoms with Crippen molar-refractivity contribution in [3.63, 3.8) is 0 Å². The Balaban J connectivity index is 2.05. The van der Waals surface area contributed by atoms with E-state index < -0.39 is 4.92 Å². The van der Waals surface area contributed by atoms with E-state index >= 15 is 0 Å². The molecule has 0 aliphatic rings. The highest BCUT2D eigenvalue weighted by Gasteiger charge is 2.17. The number of pyridine rings is 1. The Bertz CT molecular complexity index is 542. The summed E-state index contributed by atoms with van der Waals surface area (Å²) in [5.41, 5.74) is 0.642. The predicted octanol–water partition coefficient (Wildman–Crippen LogP) is 2.41. The average molecular weight is 264 g/mol. The molecule has 2 aromatic heterocycles. The van der Waals surface area contributed by atoms with Crippen LogP contribution < -0.4 is 5.32 Å². The fourth-order valence-corrected chi connectivity index (χ4v) is 2.19. The summed E-state index contributed by atoms with van der Waals surface area (Å²) in [6, 6.07) is 1.63. The Kier molecular flexibility index (Phi) is 3.83. The van der Waals surface area contributed by atoms with E-state index in [1.807, 2.05) is 5.38 Å². The topological polar surface area (TPSA) is 81.0 Å². The molecule has 0 aromatic carbocycles. The van der Waals surface area contributed by atoms with Crippen LogP contribution in [-0.4, -0.2) is 21.4 Å². The first kappa shape index (κ1) is 12.4. The number of hydrogen-bond donors (Lipinski definition) is 1. The molecule has 0 amide bonds. The first-order valence-corrected chi connectivity index (χ1v) is 6.28. The molecule has 2 rings (SSSR count). The zero-order valence-electron chi connectivity index (χ0n) is 9.79. The summed E-state index contributed by atoms with van der Waals surface area (Å²) in [6.07, 6.45) is 4.03. The summed E-state index contributed by atoms with van der Waals surface area (Å²) in [7, 11) is 0. The Morgan fingerprint density at radius 3 is 2.94 bits per heavy atom. The third-order valence-electron chi connectivity index (χ3n) is 2.42. The molecule has 1 N–H and O–H groups in total. The van der Waals surface area contributed by atoms with Crippen LogP contribution in [0.4, 0.5) is 11.5 Å². The zero-order chi connectivity index (χ0) is 13.0. The van der Waals surface area contributed by atoms with Crippen molar-refractivity contribution < 1.29 is 4.92 Å². The summed E-state index contributed by atoms with van der Waals surface area (Å²) in [4.78, 5) is 18.7. The summed E-state index contributed by atoms with van der Waals surface area (Å²) in [5, 5.41) is 16.8. The van der Waals surface area contributed by atoms with Gasteiger partial charge in [-0.25, -0.2) is 9.97 Å². The zero-order valence-corrected chi connectivity index (χ0v) is 10.6. The maximum absolute atomic E-state index is 10.9. The molecule has 0 aliphatic heterocycles. The van der Waals surface area contributed by atoms with E-state index in [-0.39, 0.29) is 5.69 Å². The molecule has 0 saturated heterocycles. The molecule has 18 heavy (non-hydrogen) atoms. The highest BCUT2D eigenvalue weighted by Crippen LogP contribution is 2.25. The second-order valence-electron chi connectivity index (χ2n) is 3.68. The first-order chi connectivity index (χ1) is 8.68. The van der Waals surface area contributed by atoms with E-state index in [1.165, 1.54) is 0 Å². The number of hydrogen-bond acceptors (Lipinski definition) is 6. The maximum Gasteiger partial charge on any atom is 0.314 e. The highest BCUT2D eigenvalue weighted by molar-refractivity contribution is 7.09. The molecule has 6 nitrogen and oxygen atoms in total. The van der Waals surface area contributed by atoms with Gasteiger partial charge in [-0.1, -0.05) is 0 Å². The number of thiazole rings is 1. The largest absolute Gasteiger partial charge is 0.364 e. The molecular formula is C11H12N4O2S. The van der Waals surface area contributed by atoms with Crippen molar-refractivity contribution in [3.05, 3.63) is 44.5 Å². The van der Waals surface area contributed by atoms with Crippen molar-refractivity contribution in [3.8, 4) is 0 Å². The Morgan fingerprint density at radius 1 is 1.44 bits per heavy atom. The third kappa shape index (κ3) is 2.80. The Labute approximate surface area is 108 Å². The second-order valence-corrected chi connectivity index (χ2v) is 4.66. The van der Waals surface area contributed by atoms with Gasteiger partial charge < -0.3 is 5.32 Å². The van der Waals surface area contributed by atoms with Crippen LogP contribution in [0, 0.1) is 17.0 Å². The van der Waals surface area contributed by atoms with E-state index in [0.717, 1.165) is 11.4 Å². The molecule has 0 bridgehead atoms. The minimum absolute atomic E-state index is 0.0386. The number of nitrogens with zero attached hydrogens (tertiary/aromatic N) is 3. The van der Waals surface area contributed by atoms with Crippen molar-refractivity contribution >= 4 is 22.8 Å². The van der Waals surface area contributed by atoms with Crippen LogP contribution in [0.3, 0.4) is 0 Å². The number of aryl methyl sites for hydroxylation is 1. The first-order valence-electron chi connectivity index (χ1n) is 5.40. The van der Waals surface area contributed by atoms with E-state index in [1.54, 1.807) is 36.7 Å². The van der Waals surface area contributed by atoms with Crippen LogP contribution in [0.25, 0.3) is 0 Å². The van der Waals surface area contributed by atoms with Crippen molar-refractivity contribution in [2.75, 3.05) is 11.9 Å². The minimum Gasteiger partial charge on any atom is -0.364 e. The van der Waals surface area contributed by atoms with Gasteiger partial charge in [0, 0.05) is 36.3 Å². The number of rotatable bonds is 5. The van der Waals surface area contributed by atoms with Crippen molar-refractivity contribution in [2.45, 2.75) is 13.3 Å². The highest BCUT2D eigenvalue weighted by atomic mass is 32.1. The molecule has 94 valence electrons. The minimum atomic E-state index is -0.409. The molecule has 0 aliphatic carbocycles.